The Labute approximate surface area is 191 Å². The van der Waals surface area contributed by atoms with Gasteiger partial charge in [0, 0.05) is 22.2 Å². The van der Waals surface area contributed by atoms with E-state index in [-0.39, 0.29) is 24.5 Å². The van der Waals surface area contributed by atoms with E-state index < -0.39 is 17.5 Å². The summed E-state index contributed by atoms with van der Waals surface area (Å²) in [6, 6.07) is 8.42. The molecule has 1 heterocycles. The number of aromatic hydroxyl groups is 1. The highest BCUT2D eigenvalue weighted by Crippen LogP contribution is 2.38. The van der Waals surface area contributed by atoms with E-state index in [4.69, 9.17) is 21.1 Å². The Morgan fingerprint density at radius 3 is 2.53 bits per heavy atom. The van der Waals surface area contributed by atoms with Gasteiger partial charge in [-0.3, -0.25) is 0 Å². The number of phenolic OH excluding ortho intramolecular Hbond substituents is 1. The van der Waals surface area contributed by atoms with Crippen LogP contribution in [-0.4, -0.2) is 50.5 Å². The van der Waals surface area contributed by atoms with Crippen molar-refractivity contribution in [1.82, 2.24) is 15.0 Å². The van der Waals surface area contributed by atoms with Gasteiger partial charge in [0.2, 0.25) is 0 Å². The topological polar surface area (TPSA) is 107 Å². The van der Waals surface area contributed by atoms with E-state index in [2.05, 4.69) is 16.8 Å². The molecule has 2 aromatic carbocycles. The number of carbonyl (C=O) groups is 1. The van der Waals surface area contributed by atoms with Gasteiger partial charge in [0.25, 0.3) is 0 Å². The molecule has 0 bridgehead atoms. The van der Waals surface area contributed by atoms with E-state index in [1.165, 1.54) is 11.7 Å². The highest BCUT2D eigenvalue weighted by Gasteiger charge is 2.24. The highest BCUT2D eigenvalue weighted by atomic mass is 35.5. The fraction of sp³-hybridized carbons (Fsp3) is 0.348. The number of phenols is 1. The summed E-state index contributed by atoms with van der Waals surface area (Å²) in [5, 5.41) is 30.4. The molecule has 0 aliphatic carbocycles. The molecule has 3 aromatic rings. The van der Waals surface area contributed by atoms with Crippen LogP contribution in [0.4, 0.5) is 0 Å². The number of rotatable bonds is 7. The molecule has 0 aliphatic heterocycles. The largest absolute Gasteiger partial charge is 0.505 e. The Kier molecular flexibility index (Phi) is 6.76. The number of aliphatic hydroxyl groups is 1. The summed E-state index contributed by atoms with van der Waals surface area (Å²) in [6.45, 7) is 10.5. The summed E-state index contributed by atoms with van der Waals surface area (Å²) in [6.07, 6.45) is -1.04. The summed E-state index contributed by atoms with van der Waals surface area (Å²) < 4.78 is 10.7. The monoisotopic (exact) mass is 459 g/mol. The molecule has 0 saturated heterocycles. The second-order valence-electron chi connectivity index (χ2n) is 8.55. The molecular weight excluding hydrogens is 434 g/mol. The first-order chi connectivity index (χ1) is 15.0. The van der Waals surface area contributed by atoms with Gasteiger partial charge < -0.3 is 19.7 Å². The molecule has 0 saturated carbocycles. The van der Waals surface area contributed by atoms with Crippen molar-refractivity contribution in [3.8, 4) is 17.2 Å². The number of nitrogens with zero attached hydrogens (tertiary/aromatic N) is 3. The van der Waals surface area contributed by atoms with Crippen molar-refractivity contribution < 1.29 is 24.5 Å². The minimum absolute atomic E-state index is 0.0205. The average Bonchev–Trinajstić information content (AvgIpc) is 3.12. The third kappa shape index (κ3) is 5.38. The number of aliphatic hydroxyl groups excluding tert-OH is 1. The lowest BCUT2D eigenvalue weighted by atomic mass is 9.86. The molecule has 1 unspecified atom stereocenters. The summed E-state index contributed by atoms with van der Waals surface area (Å²) in [5.74, 6) is -0.164. The lowest BCUT2D eigenvalue weighted by Gasteiger charge is -2.23. The van der Waals surface area contributed by atoms with Crippen LogP contribution in [-0.2, 0) is 14.9 Å². The number of carbonyl (C=O) groups excluding carboxylic acids is 1. The number of ether oxygens (including phenoxy) is 2. The van der Waals surface area contributed by atoms with Crippen molar-refractivity contribution in [2.45, 2.75) is 39.2 Å². The molecule has 2 N–H and O–H groups in total. The molecule has 8 nitrogen and oxygen atoms in total. The Balaban J connectivity index is 1.90. The third-order valence-electron chi connectivity index (χ3n) is 4.63. The number of aromatic nitrogens is 3. The van der Waals surface area contributed by atoms with Gasteiger partial charge >= 0.3 is 5.97 Å². The van der Waals surface area contributed by atoms with Gasteiger partial charge in [-0.25, -0.2) is 4.79 Å². The summed E-state index contributed by atoms with van der Waals surface area (Å²) >= 11 is 6.04. The maximum atomic E-state index is 11.5. The molecule has 0 radical (unpaired) electrons. The quantitative estimate of drug-likeness (QED) is 0.407. The van der Waals surface area contributed by atoms with E-state index >= 15 is 0 Å². The van der Waals surface area contributed by atoms with Gasteiger partial charge in [-0.15, -0.1) is 15.0 Å². The van der Waals surface area contributed by atoms with Crippen LogP contribution in [0.15, 0.2) is 42.5 Å². The molecule has 9 heteroatoms. The van der Waals surface area contributed by atoms with Crippen molar-refractivity contribution in [1.29, 1.82) is 0 Å². The number of esters is 1. The normalized spacial score (nSPS) is 12.6. The SMILES string of the molecule is C=C(C)C(=O)OCC(O)COc1cc(-n2nc3ccc(Cl)cc3n2)c(O)c(C(C)(C)C)c1. The van der Waals surface area contributed by atoms with Gasteiger partial charge in [0.05, 0.1) is 0 Å². The van der Waals surface area contributed by atoms with Crippen LogP contribution in [0.25, 0.3) is 16.7 Å². The lowest BCUT2D eigenvalue weighted by Crippen LogP contribution is -2.25. The Hall–Kier alpha value is -3.10. The van der Waals surface area contributed by atoms with Gasteiger partial charge in [-0.2, -0.15) is 0 Å². The number of hydrogen-bond acceptors (Lipinski definition) is 7. The zero-order valence-electron chi connectivity index (χ0n) is 18.4. The van der Waals surface area contributed by atoms with Crippen LogP contribution >= 0.6 is 11.6 Å². The second-order valence-corrected chi connectivity index (χ2v) is 8.99. The minimum Gasteiger partial charge on any atom is -0.505 e. The minimum atomic E-state index is -1.04. The second kappa shape index (κ2) is 9.18. The zero-order valence-corrected chi connectivity index (χ0v) is 19.2. The van der Waals surface area contributed by atoms with Crippen LogP contribution in [0.5, 0.6) is 11.5 Å². The molecular formula is C23H26ClN3O5. The van der Waals surface area contributed by atoms with Crippen molar-refractivity contribution in [2.24, 2.45) is 0 Å². The summed E-state index contributed by atoms with van der Waals surface area (Å²) in [4.78, 5) is 12.8. The smallest absolute Gasteiger partial charge is 0.333 e. The highest BCUT2D eigenvalue weighted by molar-refractivity contribution is 6.31. The van der Waals surface area contributed by atoms with Crippen molar-refractivity contribution in [3.63, 3.8) is 0 Å². The molecule has 1 atom stereocenters. The van der Waals surface area contributed by atoms with Crippen LogP contribution < -0.4 is 4.74 Å². The van der Waals surface area contributed by atoms with E-state index in [0.29, 0.717) is 33.1 Å². The predicted octanol–water partition coefficient (Wildman–Crippen LogP) is 3.94. The summed E-state index contributed by atoms with van der Waals surface area (Å²) in [7, 11) is 0. The van der Waals surface area contributed by atoms with Crippen LogP contribution in [0, 0.1) is 0 Å². The number of halogens is 1. The van der Waals surface area contributed by atoms with E-state index in [1.54, 1.807) is 30.3 Å². The molecule has 0 aliphatic rings. The number of fused-ring (bicyclic) bond motifs is 1. The fourth-order valence-electron chi connectivity index (χ4n) is 2.93. The van der Waals surface area contributed by atoms with Crippen LogP contribution in [0.1, 0.15) is 33.3 Å². The van der Waals surface area contributed by atoms with E-state index in [1.807, 2.05) is 20.8 Å². The van der Waals surface area contributed by atoms with E-state index in [0.717, 1.165) is 0 Å². The maximum Gasteiger partial charge on any atom is 0.333 e. The van der Waals surface area contributed by atoms with Crippen molar-refractivity contribution in [3.05, 3.63) is 53.1 Å². The van der Waals surface area contributed by atoms with Crippen molar-refractivity contribution >= 4 is 28.6 Å². The maximum absolute atomic E-state index is 11.5. The molecule has 0 spiro atoms. The molecule has 0 amide bonds. The molecule has 32 heavy (non-hydrogen) atoms. The Bertz CT molecular complexity index is 1170. The number of benzene rings is 2. The van der Waals surface area contributed by atoms with Gasteiger partial charge in [0.15, 0.2) is 0 Å². The first-order valence-electron chi connectivity index (χ1n) is 9.99. The van der Waals surface area contributed by atoms with Gasteiger partial charge in [-0.1, -0.05) is 39.0 Å². The van der Waals surface area contributed by atoms with E-state index in [9.17, 15) is 15.0 Å². The average molecular weight is 460 g/mol. The molecule has 1 aromatic heterocycles. The third-order valence-corrected chi connectivity index (χ3v) is 4.86. The summed E-state index contributed by atoms with van der Waals surface area (Å²) in [5.41, 5.74) is 1.97. The molecule has 3 rings (SSSR count). The fourth-order valence-corrected chi connectivity index (χ4v) is 3.10. The number of hydrogen-bond donors (Lipinski definition) is 2. The Morgan fingerprint density at radius 2 is 1.88 bits per heavy atom. The van der Waals surface area contributed by atoms with Gasteiger partial charge in [-0.05, 0) is 36.6 Å². The first-order valence-corrected chi connectivity index (χ1v) is 10.4. The first kappa shape index (κ1) is 23.6. The van der Waals surface area contributed by atoms with Gasteiger partial charge in [0.1, 0.15) is 47.5 Å². The molecule has 170 valence electrons. The Morgan fingerprint density at radius 1 is 1.19 bits per heavy atom. The van der Waals surface area contributed by atoms with Crippen LogP contribution in [0.3, 0.4) is 0 Å². The lowest BCUT2D eigenvalue weighted by molar-refractivity contribution is -0.142. The molecule has 0 fully saturated rings. The van der Waals surface area contributed by atoms with Crippen LogP contribution in [0.2, 0.25) is 5.02 Å². The standard InChI is InChI=1S/C23H26ClN3O5/c1-13(2)22(30)32-12-15(28)11-31-16-9-17(23(3,4)5)21(29)20(10-16)27-25-18-7-6-14(24)8-19(18)26-27/h6-10,15,28-29H,1,11-12H2,2-5H3. The predicted molar refractivity (Wildman–Crippen MR) is 122 cm³/mol. The zero-order chi connectivity index (χ0) is 23.6. The van der Waals surface area contributed by atoms with Crippen molar-refractivity contribution in [2.75, 3.05) is 13.2 Å².